The Balaban J connectivity index is 1.77. The molecule has 1 aliphatic carbocycles. The summed E-state index contributed by atoms with van der Waals surface area (Å²) in [5.41, 5.74) is 10.7. The van der Waals surface area contributed by atoms with Crippen LogP contribution in [0.4, 0.5) is 0 Å². The van der Waals surface area contributed by atoms with Crippen molar-refractivity contribution in [3.63, 3.8) is 0 Å². The van der Waals surface area contributed by atoms with E-state index in [9.17, 15) is 0 Å². The van der Waals surface area contributed by atoms with Crippen molar-refractivity contribution in [3.8, 4) is 0 Å². The zero-order chi connectivity index (χ0) is 11.9. The lowest BCUT2D eigenvalue weighted by atomic mass is 9.93. The van der Waals surface area contributed by atoms with Gasteiger partial charge in [-0.2, -0.15) is 0 Å². The van der Waals surface area contributed by atoms with Crippen LogP contribution in [0.2, 0.25) is 0 Å². The second-order valence-electron chi connectivity index (χ2n) is 5.79. The van der Waals surface area contributed by atoms with Crippen LogP contribution in [0.15, 0.2) is 12.4 Å². The number of nitrogens with zero attached hydrogens (tertiary/aromatic N) is 2. The number of hydrogen-bond acceptors (Lipinski definition) is 3. The highest BCUT2D eigenvalue weighted by Gasteiger charge is 2.37. The molecule has 0 atom stereocenters. The molecule has 92 valence electrons. The third-order valence-electron chi connectivity index (χ3n) is 4.20. The van der Waals surface area contributed by atoms with E-state index >= 15 is 0 Å². The van der Waals surface area contributed by atoms with Crippen molar-refractivity contribution in [2.45, 2.75) is 44.2 Å². The third-order valence-corrected chi connectivity index (χ3v) is 4.20. The fraction of sp³-hybridized carbons (Fsp3) is 0.643. The summed E-state index contributed by atoms with van der Waals surface area (Å²) in [6, 6.07) is 0. The fourth-order valence-electron chi connectivity index (χ4n) is 2.72. The van der Waals surface area contributed by atoms with Gasteiger partial charge in [0.25, 0.3) is 0 Å². The van der Waals surface area contributed by atoms with Crippen LogP contribution in [0.25, 0.3) is 0 Å². The average Bonchev–Trinajstić information content (AvgIpc) is 3.05. The van der Waals surface area contributed by atoms with E-state index in [2.05, 4.69) is 23.1 Å². The predicted octanol–water partition coefficient (Wildman–Crippen LogP) is 1.49. The fourth-order valence-corrected chi connectivity index (χ4v) is 2.72. The van der Waals surface area contributed by atoms with Crippen molar-refractivity contribution < 1.29 is 0 Å². The normalized spacial score (nSPS) is 22.2. The number of nitrogens with two attached hydrogens (primary N) is 1. The van der Waals surface area contributed by atoms with Crippen molar-refractivity contribution >= 4 is 0 Å². The monoisotopic (exact) mass is 231 g/mol. The minimum absolute atomic E-state index is 0.161. The van der Waals surface area contributed by atoms with Gasteiger partial charge in [0.1, 0.15) is 0 Å². The molecule has 3 nitrogen and oxygen atoms in total. The van der Waals surface area contributed by atoms with E-state index in [0.717, 1.165) is 25.9 Å². The first kappa shape index (κ1) is 11.2. The van der Waals surface area contributed by atoms with Crippen LogP contribution in [0.3, 0.4) is 0 Å². The van der Waals surface area contributed by atoms with Crippen LogP contribution in [-0.4, -0.2) is 29.0 Å². The van der Waals surface area contributed by atoms with Crippen molar-refractivity contribution in [1.82, 2.24) is 9.88 Å². The summed E-state index contributed by atoms with van der Waals surface area (Å²) < 4.78 is 0. The molecule has 2 N–H and O–H groups in total. The summed E-state index contributed by atoms with van der Waals surface area (Å²) in [5, 5.41) is 0. The maximum Gasteiger partial charge on any atom is 0.0315 e. The molecular weight excluding hydrogens is 210 g/mol. The minimum atomic E-state index is 0.161. The molecule has 0 saturated heterocycles. The Morgan fingerprint density at radius 3 is 3.00 bits per heavy atom. The standard InChI is InChI=1S/C14H21N3/c1-17-7-3-13-11(2-4-14(15)5-6-14)8-16-9-12(13)10-17/h8-9H,2-7,10,15H2,1H3. The number of fused-ring (bicyclic) bond motifs is 1. The van der Waals surface area contributed by atoms with Gasteiger partial charge in [-0.25, -0.2) is 0 Å². The smallest absolute Gasteiger partial charge is 0.0315 e. The maximum atomic E-state index is 6.16. The number of hydrogen-bond donors (Lipinski definition) is 1. The van der Waals surface area contributed by atoms with Crippen molar-refractivity contribution in [3.05, 3.63) is 29.1 Å². The SMILES string of the molecule is CN1CCc2c(CCC3(N)CC3)cncc2C1. The summed E-state index contributed by atoms with van der Waals surface area (Å²) >= 11 is 0. The molecule has 1 aromatic rings. The molecule has 1 aliphatic heterocycles. The zero-order valence-corrected chi connectivity index (χ0v) is 10.6. The van der Waals surface area contributed by atoms with Crippen LogP contribution < -0.4 is 5.73 Å². The van der Waals surface area contributed by atoms with Crippen LogP contribution >= 0.6 is 0 Å². The molecule has 0 bridgehead atoms. The lowest BCUT2D eigenvalue weighted by Gasteiger charge is -2.26. The second-order valence-corrected chi connectivity index (χ2v) is 5.79. The highest BCUT2D eigenvalue weighted by Crippen LogP contribution is 2.37. The topological polar surface area (TPSA) is 42.1 Å². The Hall–Kier alpha value is -0.930. The van der Waals surface area contributed by atoms with Gasteiger partial charge in [0.05, 0.1) is 0 Å². The van der Waals surface area contributed by atoms with Gasteiger partial charge in [0.15, 0.2) is 0 Å². The molecule has 1 saturated carbocycles. The molecule has 2 heterocycles. The molecule has 1 aromatic heterocycles. The third kappa shape index (κ3) is 2.35. The van der Waals surface area contributed by atoms with Gasteiger partial charge < -0.3 is 10.6 Å². The molecule has 0 aromatic carbocycles. The Kier molecular flexibility index (Phi) is 2.68. The Labute approximate surface area is 103 Å². The number of pyridine rings is 1. The Bertz CT molecular complexity index is 423. The number of aryl methyl sites for hydroxylation is 1. The lowest BCUT2D eigenvalue weighted by Crippen LogP contribution is -2.28. The molecule has 3 heteroatoms. The molecule has 2 aliphatic rings. The Morgan fingerprint density at radius 2 is 2.24 bits per heavy atom. The molecule has 3 rings (SSSR count). The van der Waals surface area contributed by atoms with E-state index < -0.39 is 0 Å². The van der Waals surface area contributed by atoms with Crippen LogP contribution in [0, 0.1) is 0 Å². The van der Waals surface area contributed by atoms with Crippen LogP contribution in [0.5, 0.6) is 0 Å². The molecule has 1 fully saturated rings. The summed E-state index contributed by atoms with van der Waals surface area (Å²) in [7, 11) is 2.18. The number of rotatable bonds is 3. The predicted molar refractivity (Wildman–Crippen MR) is 68.7 cm³/mol. The second kappa shape index (κ2) is 4.07. The van der Waals surface area contributed by atoms with Crippen LogP contribution in [-0.2, 0) is 19.4 Å². The molecule has 0 amide bonds. The largest absolute Gasteiger partial charge is 0.325 e. The first-order valence-corrected chi connectivity index (χ1v) is 6.58. The van der Waals surface area contributed by atoms with Crippen molar-refractivity contribution in [1.29, 1.82) is 0 Å². The van der Waals surface area contributed by atoms with Gasteiger partial charge in [0, 0.05) is 31.0 Å². The Morgan fingerprint density at radius 1 is 1.41 bits per heavy atom. The first-order chi connectivity index (χ1) is 8.16. The zero-order valence-electron chi connectivity index (χ0n) is 10.6. The van der Waals surface area contributed by atoms with E-state index in [1.54, 1.807) is 5.56 Å². The first-order valence-electron chi connectivity index (χ1n) is 6.58. The summed E-state index contributed by atoms with van der Waals surface area (Å²) in [5.74, 6) is 0. The van der Waals surface area contributed by atoms with E-state index in [1.807, 2.05) is 6.20 Å². The lowest BCUT2D eigenvalue weighted by molar-refractivity contribution is 0.311. The average molecular weight is 231 g/mol. The van der Waals surface area contributed by atoms with Gasteiger partial charge in [-0.15, -0.1) is 0 Å². The minimum Gasteiger partial charge on any atom is -0.325 e. The molecule has 0 spiro atoms. The maximum absolute atomic E-state index is 6.16. The summed E-state index contributed by atoms with van der Waals surface area (Å²) in [6.45, 7) is 2.21. The molecule has 0 unspecified atom stereocenters. The molecule has 17 heavy (non-hydrogen) atoms. The van der Waals surface area contributed by atoms with E-state index in [0.29, 0.717) is 0 Å². The van der Waals surface area contributed by atoms with Gasteiger partial charge in [-0.3, -0.25) is 4.98 Å². The quantitative estimate of drug-likeness (QED) is 0.857. The van der Waals surface area contributed by atoms with E-state index in [1.165, 1.54) is 30.4 Å². The number of likely N-dealkylation sites (N-methyl/N-ethyl adjacent to an activating group) is 1. The van der Waals surface area contributed by atoms with Crippen molar-refractivity contribution in [2.75, 3.05) is 13.6 Å². The van der Waals surface area contributed by atoms with E-state index in [-0.39, 0.29) is 5.54 Å². The van der Waals surface area contributed by atoms with Gasteiger partial charge >= 0.3 is 0 Å². The van der Waals surface area contributed by atoms with Crippen LogP contribution in [0.1, 0.15) is 36.0 Å². The van der Waals surface area contributed by atoms with Gasteiger partial charge in [-0.05, 0) is 55.8 Å². The molecule has 0 radical (unpaired) electrons. The highest BCUT2D eigenvalue weighted by molar-refractivity contribution is 5.34. The molecular formula is C14H21N3. The van der Waals surface area contributed by atoms with Gasteiger partial charge in [-0.1, -0.05) is 0 Å². The number of aromatic nitrogens is 1. The van der Waals surface area contributed by atoms with Gasteiger partial charge in [0.2, 0.25) is 0 Å². The summed E-state index contributed by atoms with van der Waals surface area (Å²) in [6.07, 6.45) is 9.90. The van der Waals surface area contributed by atoms with E-state index in [4.69, 9.17) is 5.73 Å². The van der Waals surface area contributed by atoms with Crippen molar-refractivity contribution in [2.24, 2.45) is 5.73 Å². The summed E-state index contributed by atoms with van der Waals surface area (Å²) in [4.78, 5) is 6.75. The highest BCUT2D eigenvalue weighted by atomic mass is 15.1.